The van der Waals surface area contributed by atoms with E-state index in [2.05, 4.69) is 31.4 Å². The third-order valence-corrected chi connectivity index (χ3v) is 5.50. The molecule has 0 aliphatic heterocycles. The zero-order chi connectivity index (χ0) is 17.1. The third kappa shape index (κ3) is 3.62. The number of aryl methyl sites for hydroxylation is 1. The number of rotatable bonds is 4. The maximum atomic E-state index is 13.0. The Labute approximate surface area is 148 Å². The summed E-state index contributed by atoms with van der Waals surface area (Å²) in [4.78, 5) is 16.2. The van der Waals surface area contributed by atoms with Crippen molar-refractivity contribution in [2.75, 3.05) is 4.90 Å². The quantitative estimate of drug-likeness (QED) is 0.662. The minimum Gasteiger partial charge on any atom is -0.305 e. The summed E-state index contributed by atoms with van der Waals surface area (Å²) in [7, 11) is 0. The molecule has 0 fully saturated rings. The Morgan fingerprint density at radius 1 is 1.17 bits per heavy atom. The van der Waals surface area contributed by atoms with Crippen molar-refractivity contribution >= 4 is 28.5 Å². The second-order valence-corrected chi connectivity index (χ2v) is 7.69. The fourth-order valence-electron chi connectivity index (χ4n) is 3.17. The Bertz CT molecular complexity index is 739. The summed E-state index contributed by atoms with van der Waals surface area (Å²) in [5, 5.41) is 2.12. The number of amides is 1. The van der Waals surface area contributed by atoms with Crippen LogP contribution in [0.4, 0.5) is 5.69 Å². The highest BCUT2D eigenvalue weighted by Crippen LogP contribution is 2.35. The van der Waals surface area contributed by atoms with Gasteiger partial charge < -0.3 is 4.90 Å². The second kappa shape index (κ2) is 7.35. The molecule has 126 valence electrons. The Hall–Kier alpha value is -1.87. The number of carbonyl (C=O) groups is 1. The fourth-order valence-corrected chi connectivity index (χ4v) is 4.12. The van der Waals surface area contributed by atoms with Gasteiger partial charge in [0.2, 0.25) is 0 Å². The van der Waals surface area contributed by atoms with Gasteiger partial charge in [0.05, 0.1) is 5.69 Å². The van der Waals surface area contributed by atoms with E-state index >= 15 is 0 Å². The van der Waals surface area contributed by atoms with Gasteiger partial charge in [0.15, 0.2) is 0 Å². The maximum Gasteiger partial charge on any atom is 0.258 e. The number of carbonyl (C=O) groups excluding carboxylic acids is 1. The molecule has 24 heavy (non-hydrogen) atoms. The van der Waals surface area contributed by atoms with Crippen LogP contribution in [0.1, 0.15) is 60.3 Å². The maximum absolute atomic E-state index is 13.0. The fraction of sp³-hybridized carbons (Fsp3) is 0.381. The lowest BCUT2D eigenvalue weighted by Crippen LogP contribution is -2.36. The van der Waals surface area contributed by atoms with E-state index in [1.807, 2.05) is 36.1 Å². The first-order valence-electron chi connectivity index (χ1n) is 8.74. The molecule has 3 heteroatoms. The normalized spacial score (nSPS) is 14.6. The zero-order valence-corrected chi connectivity index (χ0v) is 15.5. The van der Waals surface area contributed by atoms with E-state index in [-0.39, 0.29) is 11.9 Å². The molecule has 0 radical (unpaired) electrons. The first-order valence-corrected chi connectivity index (χ1v) is 9.62. The summed E-state index contributed by atoms with van der Waals surface area (Å²) in [5.74, 6) is 0.0759. The minimum absolute atomic E-state index is 0.0759. The van der Waals surface area contributed by atoms with E-state index in [9.17, 15) is 4.79 Å². The molecule has 2 nitrogen and oxygen atoms in total. The van der Waals surface area contributed by atoms with E-state index in [4.69, 9.17) is 0 Å². The van der Waals surface area contributed by atoms with Crippen LogP contribution < -0.4 is 4.90 Å². The molecule has 0 spiro atoms. The van der Waals surface area contributed by atoms with Gasteiger partial charge in [0, 0.05) is 21.9 Å². The summed E-state index contributed by atoms with van der Waals surface area (Å²) < 4.78 is 0. The summed E-state index contributed by atoms with van der Waals surface area (Å²) in [6, 6.07) is 10.2. The number of nitrogens with zero attached hydrogens (tertiary/aromatic N) is 1. The van der Waals surface area contributed by atoms with Gasteiger partial charge in [0.25, 0.3) is 5.91 Å². The van der Waals surface area contributed by atoms with Crippen molar-refractivity contribution in [3.8, 4) is 0 Å². The number of thiophene rings is 1. The monoisotopic (exact) mass is 339 g/mol. The lowest BCUT2D eigenvalue weighted by molar-refractivity contribution is 0.0980. The zero-order valence-electron chi connectivity index (χ0n) is 14.7. The van der Waals surface area contributed by atoms with Crippen LogP contribution in [0.3, 0.4) is 0 Å². The predicted octanol–water partition coefficient (Wildman–Crippen LogP) is 6.07. The largest absolute Gasteiger partial charge is 0.305 e. The smallest absolute Gasteiger partial charge is 0.258 e. The van der Waals surface area contributed by atoms with Gasteiger partial charge in [-0.3, -0.25) is 4.79 Å². The molecule has 1 aromatic carbocycles. The van der Waals surface area contributed by atoms with Crippen LogP contribution in [0.5, 0.6) is 0 Å². The molecule has 1 heterocycles. The molecule has 0 N–H and O–H groups in total. The molecular weight excluding hydrogens is 314 g/mol. The first kappa shape index (κ1) is 17.0. The first-order chi connectivity index (χ1) is 11.6. The highest BCUT2D eigenvalue weighted by Gasteiger charge is 2.22. The van der Waals surface area contributed by atoms with Crippen LogP contribution in [-0.4, -0.2) is 11.9 Å². The Balaban J connectivity index is 1.88. The summed E-state index contributed by atoms with van der Waals surface area (Å²) in [5.41, 5.74) is 4.38. The standard InChI is InChI=1S/C21H25NOS/c1-15(2)22(21(23)18-11-9-16(3)10-12-18)19-13-20(24-14-19)17-7-5-4-6-8-17/h7,9-15H,4-6,8H2,1-3H3. The van der Waals surface area contributed by atoms with Gasteiger partial charge in [-0.15, -0.1) is 11.3 Å². The lowest BCUT2D eigenvalue weighted by atomic mass is 9.98. The summed E-state index contributed by atoms with van der Waals surface area (Å²) in [6.45, 7) is 6.18. The molecule has 0 saturated heterocycles. The van der Waals surface area contributed by atoms with E-state index in [1.165, 1.54) is 35.3 Å². The molecule has 1 aliphatic rings. The van der Waals surface area contributed by atoms with Gasteiger partial charge in [-0.05, 0) is 70.2 Å². The molecular formula is C21H25NOS. The number of benzene rings is 1. The second-order valence-electron chi connectivity index (χ2n) is 6.78. The van der Waals surface area contributed by atoms with Crippen LogP contribution in [-0.2, 0) is 0 Å². The van der Waals surface area contributed by atoms with Gasteiger partial charge in [-0.1, -0.05) is 23.8 Å². The number of anilines is 1. The van der Waals surface area contributed by atoms with Crippen molar-refractivity contribution in [1.82, 2.24) is 0 Å². The van der Waals surface area contributed by atoms with Crippen molar-refractivity contribution < 1.29 is 4.79 Å². The molecule has 0 unspecified atom stereocenters. The van der Waals surface area contributed by atoms with Crippen molar-refractivity contribution in [2.24, 2.45) is 0 Å². The van der Waals surface area contributed by atoms with Gasteiger partial charge in [-0.2, -0.15) is 0 Å². The van der Waals surface area contributed by atoms with Crippen LogP contribution in [0, 0.1) is 6.92 Å². The molecule has 0 bridgehead atoms. The summed E-state index contributed by atoms with van der Waals surface area (Å²) in [6.07, 6.45) is 7.27. The molecule has 2 aromatic rings. The van der Waals surface area contributed by atoms with E-state index in [0.29, 0.717) is 0 Å². The highest BCUT2D eigenvalue weighted by molar-refractivity contribution is 7.11. The Morgan fingerprint density at radius 3 is 2.54 bits per heavy atom. The van der Waals surface area contributed by atoms with Crippen LogP contribution in [0.15, 0.2) is 41.8 Å². The lowest BCUT2D eigenvalue weighted by Gasteiger charge is -2.26. The van der Waals surface area contributed by atoms with Gasteiger partial charge in [0.1, 0.15) is 0 Å². The summed E-state index contributed by atoms with van der Waals surface area (Å²) >= 11 is 1.75. The van der Waals surface area contributed by atoms with Crippen LogP contribution in [0.25, 0.3) is 5.57 Å². The van der Waals surface area contributed by atoms with E-state index in [0.717, 1.165) is 17.7 Å². The van der Waals surface area contributed by atoms with Crippen molar-refractivity contribution in [3.63, 3.8) is 0 Å². The number of hydrogen-bond acceptors (Lipinski definition) is 2. The predicted molar refractivity (Wildman–Crippen MR) is 104 cm³/mol. The van der Waals surface area contributed by atoms with Crippen molar-refractivity contribution in [1.29, 1.82) is 0 Å². The number of allylic oxidation sites excluding steroid dienone is 2. The average Bonchev–Trinajstić information content (AvgIpc) is 3.05. The Morgan fingerprint density at radius 2 is 1.92 bits per heavy atom. The van der Waals surface area contributed by atoms with E-state index < -0.39 is 0 Å². The number of hydrogen-bond donors (Lipinski definition) is 0. The molecule has 0 atom stereocenters. The van der Waals surface area contributed by atoms with Crippen LogP contribution >= 0.6 is 11.3 Å². The molecule has 1 aliphatic carbocycles. The molecule has 1 aromatic heterocycles. The average molecular weight is 340 g/mol. The van der Waals surface area contributed by atoms with E-state index in [1.54, 1.807) is 11.3 Å². The molecule has 3 rings (SSSR count). The molecule has 0 saturated carbocycles. The van der Waals surface area contributed by atoms with Gasteiger partial charge in [-0.25, -0.2) is 0 Å². The molecule has 1 amide bonds. The van der Waals surface area contributed by atoms with Gasteiger partial charge >= 0.3 is 0 Å². The van der Waals surface area contributed by atoms with Crippen molar-refractivity contribution in [3.05, 3.63) is 57.8 Å². The topological polar surface area (TPSA) is 20.3 Å². The van der Waals surface area contributed by atoms with Crippen molar-refractivity contribution in [2.45, 2.75) is 52.5 Å². The third-order valence-electron chi connectivity index (χ3n) is 4.50. The SMILES string of the molecule is Cc1ccc(C(=O)N(c2csc(C3=CCCCC3)c2)C(C)C)cc1. The highest BCUT2D eigenvalue weighted by atomic mass is 32.1. The Kier molecular flexibility index (Phi) is 5.20. The minimum atomic E-state index is 0.0759. The van der Waals surface area contributed by atoms with Crippen LogP contribution in [0.2, 0.25) is 0 Å².